The molecule has 2 aromatic rings. The summed E-state index contributed by atoms with van der Waals surface area (Å²) in [5.74, 6) is -2.04. The molecular weight excluding hydrogens is 318 g/mol. The summed E-state index contributed by atoms with van der Waals surface area (Å²) in [5, 5.41) is 15.6. The monoisotopic (exact) mass is 333 g/mol. The van der Waals surface area contributed by atoms with Crippen molar-refractivity contribution < 1.29 is 19.5 Å². The van der Waals surface area contributed by atoms with Crippen LogP contribution < -0.4 is 10.6 Å². The normalized spacial score (nSPS) is 10.1. The van der Waals surface area contributed by atoms with Gasteiger partial charge in [0.15, 0.2) is 0 Å². The lowest BCUT2D eigenvalue weighted by atomic mass is 10.2. The molecule has 0 aliphatic carbocycles. The summed E-state index contributed by atoms with van der Waals surface area (Å²) >= 11 is 1.44. The van der Waals surface area contributed by atoms with E-state index >= 15 is 0 Å². The third-order valence-electron chi connectivity index (χ3n) is 2.80. The molecule has 1 aromatic heterocycles. The summed E-state index contributed by atoms with van der Waals surface area (Å²) < 4.78 is 0. The molecule has 120 valence electrons. The average molecular weight is 333 g/mol. The molecule has 1 heterocycles. The Balaban J connectivity index is 1.81. The predicted octanol–water partition coefficient (Wildman–Crippen LogP) is 0.670. The number of rotatable bonds is 7. The molecule has 23 heavy (non-hydrogen) atoms. The fourth-order valence-corrected chi connectivity index (χ4v) is 2.57. The number of carboxylic acid groups (broad SMARTS) is 1. The van der Waals surface area contributed by atoms with Gasteiger partial charge in [-0.25, -0.2) is 4.98 Å². The maximum Gasteiger partial charge on any atom is 0.322 e. The highest BCUT2D eigenvalue weighted by molar-refractivity contribution is 7.13. The molecule has 0 radical (unpaired) electrons. The molecule has 0 aliphatic heterocycles. The highest BCUT2D eigenvalue weighted by atomic mass is 32.1. The molecule has 0 fully saturated rings. The molecule has 0 atom stereocenters. The van der Waals surface area contributed by atoms with Crippen LogP contribution in [0.2, 0.25) is 0 Å². The molecule has 2 rings (SSSR count). The first-order valence-electron chi connectivity index (χ1n) is 6.79. The minimum Gasteiger partial charge on any atom is -0.480 e. The molecule has 0 unspecified atom stereocenters. The maximum atomic E-state index is 11.8. The van der Waals surface area contributed by atoms with Crippen LogP contribution in [0.25, 0.3) is 10.6 Å². The lowest BCUT2D eigenvalue weighted by Crippen LogP contribution is -2.39. The van der Waals surface area contributed by atoms with Crippen molar-refractivity contribution in [2.45, 2.75) is 6.42 Å². The lowest BCUT2D eigenvalue weighted by molar-refractivity contribution is -0.137. The first kappa shape index (κ1) is 16.6. The van der Waals surface area contributed by atoms with Gasteiger partial charge in [0.05, 0.1) is 18.7 Å². The number of amides is 2. The van der Waals surface area contributed by atoms with E-state index in [0.29, 0.717) is 5.69 Å². The smallest absolute Gasteiger partial charge is 0.322 e. The SMILES string of the molecule is O=C(O)CNC(=O)CNC(=O)Cc1csc(-c2ccccc2)n1. The van der Waals surface area contributed by atoms with Crippen molar-refractivity contribution in [3.05, 3.63) is 41.4 Å². The number of benzene rings is 1. The second kappa shape index (κ2) is 8.04. The summed E-state index contributed by atoms with van der Waals surface area (Å²) in [6.45, 7) is -0.733. The van der Waals surface area contributed by atoms with E-state index in [1.807, 2.05) is 30.3 Å². The Kier molecular flexibility index (Phi) is 5.81. The highest BCUT2D eigenvalue weighted by Gasteiger charge is 2.10. The van der Waals surface area contributed by atoms with E-state index in [2.05, 4.69) is 15.6 Å². The predicted molar refractivity (Wildman–Crippen MR) is 84.9 cm³/mol. The Morgan fingerprint density at radius 1 is 1.04 bits per heavy atom. The summed E-state index contributed by atoms with van der Waals surface area (Å²) in [6.07, 6.45) is 0.0650. The molecule has 7 nitrogen and oxygen atoms in total. The Hall–Kier alpha value is -2.74. The van der Waals surface area contributed by atoms with Gasteiger partial charge in [0.1, 0.15) is 11.6 Å². The van der Waals surface area contributed by atoms with Crippen LogP contribution in [-0.4, -0.2) is 41.0 Å². The van der Waals surface area contributed by atoms with Crippen molar-refractivity contribution in [3.63, 3.8) is 0 Å². The van der Waals surface area contributed by atoms with E-state index in [9.17, 15) is 14.4 Å². The summed E-state index contributed by atoms with van der Waals surface area (Å²) in [5.41, 5.74) is 1.61. The molecule has 2 amide bonds. The Morgan fingerprint density at radius 3 is 2.43 bits per heavy atom. The van der Waals surface area contributed by atoms with Crippen molar-refractivity contribution in [2.75, 3.05) is 13.1 Å². The van der Waals surface area contributed by atoms with Crippen LogP contribution in [0, 0.1) is 0 Å². The highest BCUT2D eigenvalue weighted by Crippen LogP contribution is 2.23. The van der Waals surface area contributed by atoms with Crippen molar-refractivity contribution >= 4 is 29.1 Å². The minimum atomic E-state index is -1.14. The first-order chi connectivity index (χ1) is 11.0. The van der Waals surface area contributed by atoms with E-state index in [0.717, 1.165) is 10.6 Å². The number of carbonyl (C=O) groups is 3. The van der Waals surface area contributed by atoms with Gasteiger partial charge >= 0.3 is 5.97 Å². The van der Waals surface area contributed by atoms with E-state index in [4.69, 9.17) is 5.11 Å². The number of carboxylic acids is 1. The number of nitrogens with one attached hydrogen (secondary N) is 2. The number of nitrogens with zero attached hydrogens (tertiary/aromatic N) is 1. The molecule has 8 heteroatoms. The molecule has 3 N–H and O–H groups in total. The molecule has 0 aliphatic rings. The zero-order chi connectivity index (χ0) is 16.7. The molecule has 1 aromatic carbocycles. The molecule has 0 spiro atoms. The average Bonchev–Trinajstić information content (AvgIpc) is 3.00. The number of carbonyl (C=O) groups excluding carboxylic acids is 2. The van der Waals surface area contributed by atoms with Gasteiger partial charge in [-0.1, -0.05) is 30.3 Å². The van der Waals surface area contributed by atoms with Crippen LogP contribution in [0.15, 0.2) is 35.7 Å². The fraction of sp³-hybridized carbons (Fsp3) is 0.200. The van der Waals surface area contributed by atoms with Gasteiger partial charge in [0.25, 0.3) is 0 Å². The molecular formula is C15H15N3O4S. The number of hydrogen-bond acceptors (Lipinski definition) is 5. The standard InChI is InChI=1S/C15H15N3O4S/c19-12(16-7-13(20)17-8-14(21)22)6-11-9-23-15(18-11)10-4-2-1-3-5-10/h1-5,9H,6-8H2,(H,16,19)(H,17,20)(H,21,22). The van der Waals surface area contributed by atoms with Crippen molar-refractivity contribution in [3.8, 4) is 10.6 Å². The van der Waals surface area contributed by atoms with Gasteiger partial charge in [0, 0.05) is 10.9 Å². The quantitative estimate of drug-likeness (QED) is 0.690. The van der Waals surface area contributed by atoms with Crippen LogP contribution in [0.5, 0.6) is 0 Å². The lowest BCUT2D eigenvalue weighted by Gasteiger charge is -2.04. The largest absolute Gasteiger partial charge is 0.480 e. The number of aromatic nitrogens is 1. The van der Waals surface area contributed by atoms with Gasteiger partial charge < -0.3 is 15.7 Å². The van der Waals surface area contributed by atoms with Crippen LogP contribution in [0.4, 0.5) is 0 Å². The van der Waals surface area contributed by atoms with Gasteiger partial charge in [0.2, 0.25) is 11.8 Å². The summed E-state index contributed by atoms with van der Waals surface area (Å²) in [6, 6.07) is 9.63. The Bertz CT molecular complexity index is 700. The van der Waals surface area contributed by atoms with Crippen LogP contribution >= 0.6 is 11.3 Å². The third-order valence-corrected chi connectivity index (χ3v) is 3.74. The second-order valence-corrected chi connectivity index (χ2v) is 5.49. The third kappa shape index (κ3) is 5.51. The number of aliphatic carboxylic acids is 1. The topological polar surface area (TPSA) is 108 Å². The maximum absolute atomic E-state index is 11.8. The van der Waals surface area contributed by atoms with Gasteiger partial charge in [-0.15, -0.1) is 11.3 Å². The van der Waals surface area contributed by atoms with Crippen molar-refractivity contribution in [1.29, 1.82) is 0 Å². The molecule has 0 saturated carbocycles. The minimum absolute atomic E-state index is 0.0650. The Morgan fingerprint density at radius 2 is 1.74 bits per heavy atom. The van der Waals surface area contributed by atoms with Crippen LogP contribution in [0.1, 0.15) is 5.69 Å². The van der Waals surface area contributed by atoms with E-state index in [1.165, 1.54) is 11.3 Å². The van der Waals surface area contributed by atoms with E-state index in [-0.39, 0.29) is 18.9 Å². The van der Waals surface area contributed by atoms with Crippen LogP contribution in [0.3, 0.4) is 0 Å². The summed E-state index contributed by atoms with van der Waals surface area (Å²) in [4.78, 5) is 37.7. The van der Waals surface area contributed by atoms with Gasteiger partial charge in [-0.05, 0) is 0 Å². The van der Waals surface area contributed by atoms with Crippen molar-refractivity contribution in [2.24, 2.45) is 0 Å². The first-order valence-corrected chi connectivity index (χ1v) is 7.67. The second-order valence-electron chi connectivity index (χ2n) is 4.63. The zero-order valence-electron chi connectivity index (χ0n) is 12.1. The fourth-order valence-electron chi connectivity index (χ4n) is 1.74. The van der Waals surface area contributed by atoms with E-state index in [1.54, 1.807) is 5.38 Å². The number of hydrogen-bond donors (Lipinski definition) is 3. The Labute approximate surface area is 136 Å². The van der Waals surface area contributed by atoms with E-state index < -0.39 is 18.4 Å². The van der Waals surface area contributed by atoms with Crippen LogP contribution in [-0.2, 0) is 20.8 Å². The molecule has 0 saturated heterocycles. The van der Waals surface area contributed by atoms with Gasteiger partial charge in [-0.3, -0.25) is 14.4 Å². The van der Waals surface area contributed by atoms with Crippen molar-refractivity contribution in [1.82, 2.24) is 15.6 Å². The van der Waals surface area contributed by atoms with Gasteiger partial charge in [-0.2, -0.15) is 0 Å². The summed E-state index contributed by atoms with van der Waals surface area (Å²) in [7, 11) is 0. The number of thiazole rings is 1. The zero-order valence-corrected chi connectivity index (χ0v) is 12.9. The molecule has 0 bridgehead atoms.